The lowest BCUT2D eigenvalue weighted by Gasteiger charge is -2.30. The van der Waals surface area contributed by atoms with Gasteiger partial charge in [-0.25, -0.2) is 0 Å². The van der Waals surface area contributed by atoms with E-state index in [1.165, 1.54) is 16.0 Å². The molecule has 1 heterocycles. The number of carbonyl (C=O) groups excluding carboxylic acids is 2. The van der Waals surface area contributed by atoms with Crippen molar-refractivity contribution in [1.29, 1.82) is 0 Å². The maximum Gasteiger partial charge on any atom is 0.230 e. The van der Waals surface area contributed by atoms with E-state index in [-0.39, 0.29) is 17.9 Å². The molecule has 0 aromatic heterocycles. The van der Waals surface area contributed by atoms with Crippen LogP contribution < -0.4 is 0 Å². The summed E-state index contributed by atoms with van der Waals surface area (Å²) >= 11 is 0. The van der Waals surface area contributed by atoms with E-state index in [0.717, 1.165) is 24.0 Å². The van der Waals surface area contributed by atoms with Crippen LogP contribution in [-0.2, 0) is 22.4 Å². The first kappa shape index (κ1) is 16.4. The number of imide groups is 1. The normalized spacial score (nSPS) is 14.7. The SMILES string of the molecule is CCc1ccccc1C(c1ccccc1CC)N1C(=O)CCC1=O. The van der Waals surface area contributed by atoms with Crippen LogP contribution in [0.25, 0.3) is 0 Å². The molecule has 0 radical (unpaired) electrons. The molecule has 0 aliphatic carbocycles. The van der Waals surface area contributed by atoms with E-state index in [9.17, 15) is 9.59 Å². The first-order valence-corrected chi connectivity index (χ1v) is 8.67. The lowest BCUT2D eigenvalue weighted by molar-refractivity contribution is -0.140. The number of hydrogen-bond acceptors (Lipinski definition) is 2. The summed E-state index contributed by atoms with van der Waals surface area (Å²) in [5.41, 5.74) is 4.48. The van der Waals surface area contributed by atoms with E-state index in [0.29, 0.717) is 12.8 Å². The summed E-state index contributed by atoms with van der Waals surface area (Å²) in [7, 11) is 0. The number of benzene rings is 2. The second-order valence-corrected chi connectivity index (χ2v) is 6.16. The van der Waals surface area contributed by atoms with E-state index in [1.807, 2.05) is 24.3 Å². The molecule has 2 amide bonds. The van der Waals surface area contributed by atoms with Crippen LogP contribution in [0.1, 0.15) is 55.0 Å². The third kappa shape index (κ3) is 2.86. The zero-order valence-electron chi connectivity index (χ0n) is 14.3. The molecule has 0 saturated carbocycles. The van der Waals surface area contributed by atoms with Crippen LogP contribution in [0.15, 0.2) is 48.5 Å². The average molecular weight is 321 g/mol. The minimum absolute atomic E-state index is 0.0678. The highest BCUT2D eigenvalue weighted by Gasteiger charge is 2.37. The average Bonchev–Trinajstić information content (AvgIpc) is 2.95. The predicted octanol–water partition coefficient (Wildman–Crippen LogP) is 4.05. The van der Waals surface area contributed by atoms with Crippen molar-refractivity contribution in [2.24, 2.45) is 0 Å². The highest BCUT2D eigenvalue weighted by atomic mass is 16.2. The molecule has 124 valence electrons. The van der Waals surface area contributed by atoms with E-state index >= 15 is 0 Å². The first-order valence-electron chi connectivity index (χ1n) is 8.67. The summed E-state index contributed by atoms with van der Waals surface area (Å²) in [5, 5.41) is 0. The molecule has 1 fully saturated rings. The van der Waals surface area contributed by atoms with Crippen molar-refractivity contribution in [3.8, 4) is 0 Å². The highest BCUT2D eigenvalue weighted by Crippen LogP contribution is 2.36. The molecule has 0 unspecified atom stereocenters. The number of hydrogen-bond donors (Lipinski definition) is 0. The topological polar surface area (TPSA) is 37.4 Å². The molecule has 3 nitrogen and oxygen atoms in total. The number of amides is 2. The van der Waals surface area contributed by atoms with Gasteiger partial charge in [0.25, 0.3) is 0 Å². The standard InChI is InChI=1S/C21H23NO2/c1-3-15-9-5-7-11-17(15)21(22-19(23)13-14-20(22)24)18-12-8-6-10-16(18)4-2/h5-12,21H,3-4,13-14H2,1-2H3. The molecule has 3 rings (SSSR count). The highest BCUT2D eigenvalue weighted by molar-refractivity contribution is 6.02. The number of rotatable bonds is 5. The summed E-state index contributed by atoms with van der Waals surface area (Å²) in [6.45, 7) is 4.21. The fourth-order valence-electron chi connectivity index (χ4n) is 3.57. The molecule has 0 bridgehead atoms. The molecule has 0 N–H and O–H groups in total. The Morgan fingerprint density at radius 1 is 0.792 bits per heavy atom. The van der Waals surface area contributed by atoms with Crippen molar-refractivity contribution in [2.45, 2.75) is 45.6 Å². The van der Waals surface area contributed by atoms with Gasteiger partial charge >= 0.3 is 0 Å². The summed E-state index contributed by atoms with van der Waals surface area (Å²) in [5.74, 6) is -0.136. The van der Waals surface area contributed by atoms with Crippen LogP contribution in [-0.4, -0.2) is 16.7 Å². The Hall–Kier alpha value is -2.42. The van der Waals surface area contributed by atoms with Crippen molar-refractivity contribution in [1.82, 2.24) is 4.90 Å². The fraction of sp³-hybridized carbons (Fsp3) is 0.333. The molecular weight excluding hydrogens is 298 g/mol. The van der Waals surface area contributed by atoms with Gasteiger partial charge in [0.2, 0.25) is 11.8 Å². The maximum absolute atomic E-state index is 12.5. The Kier molecular flexibility index (Phi) is 4.79. The van der Waals surface area contributed by atoms with Gasteiger partial charge in [-0.05, 0) is 35.1 Å². The molecule has 1 saturated heterocycles. The summed E-state index contributed by atoms with van der Waals surface area (Å²) < 4.78 is 0. The zero-order valence-corrected chi connectivity index (χ0v) is 14.3. The van der Waals surface area contributed by atoms with Crippen LogP contribution >= 0.6 is 0 Å². The Bertz CT molecular complexity index is 702. The monoisotopic (exact) mass is 321 g/mol. The Morgan fingerprint density at radius 2 is 1.21 bits per heavy atom. The lowest BCUT2D eigenvalue weighted by Crippen LogP contribution is -2.35. The number of aryl methyl sites for hydroxylation is 2. The van der Waals surface area contributed by atoms with E-state index in [2.05, 4.69) is 38.1 Å². The second-order valence-electron chi connectivity index (χ2n) is 6.16. The number of nitrogens with zero attached hydrogens (tertiary/aromatic N) is 1. The molecule has 1 aliphatic heterocycles. The number of likely N-dealkylation sites (tertiary alicyclic amines) is 1. The Labute approximate surface area is 143 Å². The van der Waals surface area contributed by atoms with Gasteiger partial charge < -0.3 is 0 Å². The van der Waals surface area contributed by atoms with Gasteiger partial charge in [-0.2, -0.15) is 0 Å². The van der Waals surface area contributed by atoms with Crippen molar-refractivity contribution in [3.05, 3.63) is 70.8 Å². The molecule has 3 heteroatoms. The molecule has 2 aromatic rings. The first-order chi connectivity index (χ1) is 11.7. The quantitative estimate of drug-likeness (QED) is 0.779. The smallest absolute Gasteiger partial charge is 0.230 e. The minimum atomic E-state index is -0.320. The van der Waals surface area contributed by atoms with Crippen LogP contribution in [0.5, 0.6) is 0 Å². The summed E-state index contributed by atoms with van der Waals surface area (Å²) in [4.78, 5) is 26.4. The predicted molar refractivity (Wildman–Crippen MR) is 94.6 cm³/mol. The Balaban J connectivity index is 2.21. The summed E-state index contributed by atoms with van der Waals surface area (Å²) in [6, 6.07) is 16.0. The zero-order chi connectivity index (χ0) is 17.1. The second kappa shape index (κ2) is 7.00. The van der Waals surface area contributed by atoms with E-state index in [1.54, 1.807) is 0 Å². The third-order valence-corrected chi connectivity index (χ3v) is 4.81. The van der Waals surface area contributed by atoms with Gasteiger partial charge in [-0.1, -0.05) is 62.4 Å². The Morgan fingerprint density at radius 3 is 1.62 bits per heavy atom. The van der Waals surface area contributed by atoms with Gasteiger partial charge in [-0.3, -0.25) is 14.5 Å². The lowest BCUT2D eigenvalue weighted by atomic mass is 9.89. The largest absolute Gasteiger partial charge is 0.274 e. The van der Waals surface area contributed by atoms with Crippen LogP contribution in [0.2, 0.25) is 0 Å². The van der Waals surface area contributed by atoms with Crippen LogP contribution in [0.3, 0.4) is 0 Å². The maximum atomic E-state index is 12.5. The van der Waals surface area contributed by atoms with E-state index in [4.69, 9.17) is 0 Å². The molecule has 1 aliphatic rings. The van der Waals surface area contributed by atoms with Crippen molar-refractivity contribution in [2.75, 3.05) is 0 Å². The minimum Gasteiger partial charge on any atom is -0.274 e. The van der Waals surface area contributed by atoms with Gasteiger partial charge in [0.05, 0.1) is 6.04 Å². The van der Waals surface area contributed by atoms with Gasteiger partial charge in [0.15, 0.2) is 0 Å². The number of carbonyl (C=O) groups is 2. The van der Waals surface area contributed by atoms with Crippen LogP contribution in [0.4, 0.5) is 0 Å². The van der Waals surface area contributed by atoms with Gasteiger partial charge in [0.1, 0.15) is 0 Å². The molecule has 2 aromatic carbocycles. The third-order valence-electron chi connectivity index (χ3n) is 4.81. The molecular formula is C21H23NO2. The van der Waals surface area contributed by atoms with Crippen molar-refractivity contribution in [3.63, 3.8) is 0 Å². The van der Waals surface area contributed by atoms with Crippen LogP contribution in [0, 0.1) is 0 Å². The summed E-state index contributed by atoms with van der Waals surface area (Å²) in [6.07, 6.45) is 2.38. The van der Waals surface area contributed by atoms with Gasteiger partial charge in [-0.15, -0.1) is 0 Å². The van der Waals surface area contributed by atoms with Crippen molar-refractivity contribution >= 4 is 11.8 Å². The van der Waals surface area contributed by atoms with Crippen molar-refractivity contribution < 1.29 is 9.59 Å². The fourth-order valence-corrected chi connectivity index (χ4v) is 3.57. The molecule has 0 atom stereocenters. The molecule has 0 spiro atoms. The van der Waals surface area contributed by atoms with E-state index < -0.39 is 0 Å². The molecule has 24 heavy (non-hydrogen) atoms. The van der Waals surface area contributed by atoms with Gasteiger partial charge in [0, 0.05) is 12.8 Å².